The third-order valence-electron chi connectivity index (χ3n) is 3.02. The summed E-state index contributed by atoms with van der Waals surface area (Å²) in [4.78, 5) is 3.45. The van der Waals surface area contributed by atoms with Gasteiger partial charge in [0.05, 0.1) is 0 Å². The van der Waals surface area contributed by atoms with Crippen LogP contribution in [0.5, 0.6) is 11.5 Å². The quantitative estimate of drug-likeness (QED) is 0.587. The SMILES string of the molecule is CN(C)CCCNCCSc1ccc2c(c1)OCCO2. The normalized spacial score (nSPS) is 13.8. The summed E-state index contributed by atoms with van der Waals surface area (Å²) in [5.41, 5.74) is 0. The van der Waals surface area contributed by atoms with Gasteiger partial charge in [0.15, 0.2) is 11.5 Å². The van der Waals surface area contributed by atoms with Gasteiger partial charge >= 0.3 is 0 Å². The van der Waals surface area contributed by atoms with E-state index in [1.807, 2.05) is 17.8 Å². The molecule has 0 saturated heterocycles. The lowest BCUT2D eigenvalue weighted by Gasteiger charge is -2.18. The number of nitrogens with one attached hydrogen (secondary N) is 1. The van der Waals surface area contributed by atoms with E-state index < -0.39 is 0 Å². The Bertz CT molecular complexity index is 413. The average Bonchev–Trinajstić information content (AvgIpc) is 2.46. The fraction of sp³-hybridized carbons (Fsp3) is 0.600. The van der Waals surface area contributed by atoms with Crippen molar-refractivity contribution in [3.8, 4) is 11.5 Å². The Hall–Kier alpha value is -0.910. The Morgan fingerprint density at radius 2 is 1.95 bits per heavy atom. The average molecular weight is 296 g/mol. The highest BCUT2D eigenvalue weighted by Gasteiger charge is 2.11. The number of hydrogen-bond donors (Lipinski definition) is 1. The molecule has 0 spiro atoms. The molecule has 1 aliphatic heterocycles. The molecule has 0 bridgehead atoms. The molecule has 2 rings (SSSR count). The Labute approximate surface area is 125 Å². The molecule has 0 atom stereocenters. The van der Waals surface area contributed by atoms with Gasteiger partial charge < -0.3 is 19.7 Å². The molecule has 1 aliphatic rings. The minimum atomic E-state index is 0.647. The lowest BCUT2D eigenvalue weighted by atomic mass is 10.3. The van der Waals surface area contributed by atoms with Crippen LogP contribution in [0.2, 0.25) is 0 Å². The second-order valence-electron chi connectivity index (χ2n) is 5.06. The summed E-state index contributed by atoms with van der Waals surface area (Å²) in [6, 6.07) is 6.18. The summed E-state index contributed by atoms with van der Waals surface area (Å²) in [6.45, 7) is 4.56. The minimum absolute atomic E-state index is 0.647. The number of hydrogen-bond acceptors (Lipinski definition) is 5. The molecule has 0 unspecified atom stereocenters. The van der Waals surface area contributed by atoms with Gasteiger partial charge in [-0.25, -0.2) is 0 Å². The van der Waals surface area contributed by atoms with Crippen molar-refractivity contribution >= 4 is 11.8 Å². The third-order valence-corrected chi connectivity index (χ3v) is 4.02. The molecule has 1 aromatic carbocycles. The first-order valence-corrected chi connectivity index (χ1v) is 8.12. The zero-order chi connectivity index (χ0) is 14.2. The summed E-state index contributed by atoms with van der Waals surface area (Å²) in [5, 5.41) is 3.47. The number of benzene rings is 1. The maximum absolute atomic E-state index is 5.59. The second kappa shape index (κ2) is 8.39. The monoisotopic (exact) mass is 296 g/mol. The van der Waals surface area contributed by atoms with Crippen LogP contribution < -0.4 is 14.8 Å². The van der Waals surface area contributed by atoms with Gasteiger partial charge in [-0.3, -0.25) is 0 Å². The lowest BCUT2D eigenvalue weighted by molar-refractivity contribution is 0.171. The maximum Gasteiger partial charge on any atom is 0.162 e. The number of nitrogens with zero attached hydrogens (tertiary/aromatic N) is 1. The Balaban J connectivity index is 1.62. The molecule has 112 valence electrons. The molecule has 1 N–H and O–H groups in total. The first kappa shape index (κ1) is 15.5. The second-order valence-corrected chi connectivity index (χ2v) is 6.23. The van der Waals surface area contributed by atoms with Gasteiger partial charge in [-0.2, -0.15) is 0 Å². The number of ether oxygens (including phenoxy) is 2. The lowest BCUT2D eigenvalue weighted by Crippen LogP contribution is -2.23. The zero-order valence-electron chi connectivity index (χ0n) is 12.4. The van der Waals surface area contributed by atoms with Gasteiger partial charge in [0.1, 0.15) is 13.2 Å². The molecule has 20 heavy (non-hydrogen) atoms. The Kier molecular flexibility index (Phi) is 6.50. The van der Waals surface area contributed by atoms with Crippen molar-refractivity contribution < 1.29 is 9.47 Å². The van der Waals surface area contributed by atoms with Crippen LogP contribution in [-0.4, -0.2) is 57.6 Å². The van der Waals surface area contributed by atoms with Crippen LogP contribution in [0.3, 0.4) is 0 Å². The predicted octanol–water partition coefficient (Wildman–Crippen LogP) is 2.09. The topological polar surface area (TPSA) is 33.7 Å². The van der Waals surface area contributed by atoms with E-state index in [1.54, 1.807) is 0 Å². The van der Waals surface area contributed by atoms with Crippen molar-refractivity contribution in [3.63, 3.8) is 0 Å². The summed E-state index contributed by atoms with van der Waals surface area (Å²) in [7, 11) is 4.22. The van der Waals surface area contributed by atoms with E-state index in [4.69, 9.17) is 9.47 Å². The van der Waals surface area contributed by atoms with E-state index in [2.05, 4.69) is 36.4 Å². The largest absolute Gasteiger partial charge is 0.486 e. The first-order valence-electron chi connectivity index (χ1n) is 7.13. The fourth-order valence-electron chi connectivity index (χ4n) is 2.00. The molecule has 0 aromatic heterocycles. The van der Waals surface area contributed by atoms with Crippen LogP contribution in [0.1, 0.15) is 6.42 Å². The van der Waals surface area contributed by atoms with Gasteiger partial charge in [0, 0.05) is 17.2 Å². The highest BCUT2D eigenvalue weighted by molar-refractivity contribution is 7.99. The molecule has 1 heterocycles. The summed E-state index contributed by atoms with van der Waals surface area (Å²) >= 11 is 1.85. The molecular formula is C15H24N2O2S. The molecule has 4 nitrogen and oxygen atoms in total. The van der Waals surface area contributed by atoms with Crippen molar-refractivity contribution in [3.05, 3.63) is 18.2 Å². The highest BCUT2D eigenvalue weighted by Crippen LogP contribution is 2.33. The smallest absolute Gasteiger partial charge is 0.162 e. The maximum atomic E-state index is 5.59. The van der Waals surface area contributed by atoms with Crippen LogP contribution in [-0.2, 0) is 0 Å². The molecule has 0 amide bonds. The van der Waals surface area contributed by atoms with E-state index in [1.165, 1.54) is 11.3 Å². The van der Waals surface area contributed by atoms with Crippen LogP contribution in [0.4, 0.5) is 0 Å². The van der Waals surface area contributed by atoms with Gasteiger partial charge in [-0.15, -0.1) is 11.8 Å². The molecule has 0 fully saturated rings. The van der Waals surface area contributed by atoms with E-state index >= 15 is 0 Å². The first-order chi connectivity index (χ1) is 9.75. The van der Waals surface area contributed by atoms with Gasteiger partial charge in [-0.1, -0.05) is 0 Å². The standard InChI is InChI=1S/C15H24N2O2S/c1-17(2)8-3-6-16-7-11-20-13-4-5-14-15(12-13)19-10-9-18-14/h4-5,12,16H,3,6-11H2,1-2H3. The van der Waals surface area contributed by atoms with Crippen molar-refractivity contribution in [1.29, 1.82) is 0 Å². The Morgan fingerprint density at radius 1 is 1.15 bits per heavy atom. The number of thioether (sulfide) groups is 1. The third kappa shape index (κ3) is 5.23. The Morgan fingerprint density at radius 3 is 2.75 bits per heavy atom. The molecule has 1 aromatic rings. The summed E-state index contributed by atoms with van der Waals surface area (Å²) in [6.07, 6.45) is 1.20. The van der Waals surface area contributed by atoms with Crippen LogP contribution in [0, 0.1) is 0 Å². The molecule has 0 aliphatic carbocycles. The van der Waals surface area contributed by atoms with Crippen LogP contribution >= 0.6 is 11.8 Å². The predicted molar refractivity (Wildman–Crippen MR) is 84.2 cm³/mol. The fourth-order valence-corrected chi connectivity index (χ4v) is 2.84. The van der Waals surface area contributed by atoms with Crippen molar-refractivity contribution in [1.82, 2.24) is 10.2 Å². The van der Waals surface area contributed by atoms with E-state index in [9.17, 15) is 0 Å². The van der Waals surface area contributed by atoms with E-state index in [0.717, 1.165) is 36.9 Å². The van der Waals surface area contributed by atoms with Crippen molar-refractivity contribution in [2.75, 3.05) is 52.7 Å². The molecular weight excluding hydrogens is 272 g/mol. The van der Waals surface area contributed by atoms with Crippen molar-refractivity contribution in [2.45, 2.75) is 11.3 Å². The molecule has 0 radical (unpaired) electrons. The molecule has 5 heteroatoms. The van der Waals surface area contributed by atoms with E-state index in [-0.39, 0.29) is 0 Å². The molecule has 0 saturated carbocycles. The van der Waals surface area contributed by atoms with Gasteiger partial charge in [0.25, 0.3) is 0 Å². The minimum Gasteiger partial charge on any atom is -0.486 e. The highest BCUT2D eigenvalue weighted by atomic mass is 32.2. The van der Waals surface area contributed by atoms with Crippen molar-refractivity contribution in [2.24, 2.45) is 0 Å². The number of fused-ring (bicyclic) bond motifs is 1. The van der Waals surface area contributed by atoms with Gasteiger partial charge in [0.2, 0.25) is 0 Å². The summed E-state index contributed by atoms with van der Waals surface area (Å²) in [5.74, 6) is 2.81. The van der Waals surface area contributed by atoms with Crippen LogP contribution in [0.15, 0.2) is 23.1 Å². The van der Waals surface area contributed by atoms with Crippen LogP contribution in [0.25, 0.3) is 0 Å². The number of rotatable bonds is 8. The zero-order valence-corrected chi connectivity index (χ0v) is 13.2. The summed E-state index contributed by atoms with van der Waals surface area (Å²) < 4.78 is 11.1. The van der Waals surface area contributed by atoms with E-state index in [0.29, 0.717) is 13.2 Å². The van der Waals surface area contributed by atoms with Gasteiger partial charge in [-0.05, 0) is 51.8 Å².